The van der Waals surface area contributed by atoms with Crippen LogP contribution in [-0.2, 0) is 9.53 Å². The summed E-state index contributed by atoms with van der Waals surface area (Å²) in [6, 6.07) is 39.9. The first-order valence-corrected chi connectivity index (χ1v) is 13.0. The summed E-state index contributed by atoms with van der Waals surface area (Å²) < 4.78 is 5.35. The third-order valence-electron chi connectivity index (χ3n) is 6.16. The zero-order chi connectivity index (χ0) is 21.8. The number of esters is 1. The quantitative estimate of drug-likeness (QED) is 0.287. The van der Waals surface area contributed by atoms with Crippen molar-refractivity contribution in [1.29, 1.82) is 0 Å². The summed E-state index contributed by atoms with van der Waals surface area (Å²) in [6.07, 6.45) is 0.681. The average molecular weight is 436 g/mol. The van der Waals surface area contributed by atoms with Crippen molar-refractivity contribution in [2.75, 3.05) is 6.61 Å². The Morgan fingerprint density at radius 3 is 1.78 bits per heavy atom. The van der Waals surface area contributed by atoms with E-state index in [-0.39, 0.29) is 12.0 Å². The van der Waals surface area contributed by atoms with Crippen molar-refractivity contribution in [3.8, 4) is 11.1 Å². The largest absolute Gasteiger partial charge is 0.464 e. The molecule has 3 nitrogen and oxygen atoms in total. The maximum atomic E-state index is 12.6. The van der Waals surface area contributed by atoms with Crippen molar-refractivity contribution in [2.45, 2.75) is 12.5 Å². The van der Waals surface area contributed by atoms with Crippen LogP contribution in [-0.4, -0.2) is 26.9 Å². The first-order valence-electron chi connectivity index (χ1n) is 11.0. The molecule has 4 aromatic rings. The Balaban J connectivity index is 1.82. The van der Waals surface area contributed by atoms with Gasteiger partial charge in [-0.05, 0) is 26.7 Å². The van der Waals surface area contributed by atoms with Crippen LogP contribution in [0.3, 0.4) is 0 Å². The van der Waals surface area contributed by atoms with Gasteiger partial charge in [0.1, 0.15) is 6.04 Å². The molecule has 1 unspecified atom stereocenters. The maximum absolute atomic E-state index is 12.6. The number of carbonyl (C=O) groups is 1. The number of carbonyl (C=O) groups excluding carboxylic acids is 1. The predicted octanol–water partition coefficient (Wildman–Crippen LogP) is 3.23. The summed E-state index contributed by atoms with van der Waals surface area (Å²) in [5, 5.41) is 3.67. The summed E-state index contributed by atoms with van der Waals surface area (Å²) in [6.45, 7) is 0.463. The molecule has 32 heavy (non-hydrogen) atoms. The molecule has 1 fully saturated rings. The summed E-state index contributed by atoms with van der Waals surface area (Å²) in [7, 11) is -2.81. The van der Waals surface area contributed by atoms with Gasteiger partial charge in [-0.2, -0.15) is 0 Å². The van der Waals surface area contributed by atoms with E-state index >= 15 is 0 Å². The lowest BCUT2D eigenvalue weighted by atomic mass is 10.1. The van der Waals surface area contributed by atoms with Crippen LogP contribution in [0.4, 0.5) is 0 Å². The number of benzene rings is 4. The highest BCUT2D eigenvalue weighted by molar-refractivity contribution is 7.10. The number of hydrogen-bond donors (Lipinski definition) is 1. The second-order valence-electron chi connectivity index (χ2n) is 8.05. The second-order valence-corrected chi connectivity index (χ2v) is 11.5. The van der Waals surface area contributed by atoms with Gasteiger partial charge in [-0.1, -0.05) is 115 Å². The maximum Gasteiger partial charge on any atom is 0.322 e. The molecule has 4 aromatic carbocycles. The van der Waals surface area contributed by atoms with E-state index in [0.29, 0.717) is 13.0 Å². The van der Waals surface area contributed by atoms with Crippen LogP contribution in [0, 0.1) is 0 Å². The summed E-state index contributed by atoms with van der Waals surface area (Å²) >= 11 is 0. The predicted molar refractivity (Wildman–Crippen MR) is 132 cm³/mol. The Morgan fingerprint density at radius 2 is 1.22 bits per heavy atom. The van der Waals surface area contributed by atoms with Crippen molar-refractivity contribution in [1.82, 2.24) is 4.98 Å². The van der Waals surface area contributed by atoms with Crippen LogP contribution < -0.4 is 20.5 Å². The van der Waals surface area contributed by atoms with E-state index in [1.165, 1.54) is 26.7 Å². The van der Waals surface area contributed by atoms with Crippen molar-refractivity contribution in [2.24, 2.45) is 0 Å². The highest BCUT2D eigenvalue weighted by atomic mass is 28.3. The molecule has 158 valence electrons. The fraction of sp³-hybridized carbons (Fsp3) is 0.107. The zero-order valence-electron chi connectivity index (χ0n) is 17.8. The fourth-order valence-corrected chi connectivity index (χ4v) is 9.26. The highest BCUT2D eigenvalue weighted by Gasteiger charge is 2.45. The molecule has 0 amide bonds. The Hall–Kier alpha value is -3.47. The molecule has 5 rings (SSSR count). The van der Waals surface area contributed by atoms with Gasteiger partial charge < -0.3 is 9.72 Å². The minimum atomic E-state index is -2.81. The summed E-state index contributed by atoms with van der Waals surface area (Å²) in [5.74, 6) is -0.161. The van der Waals surface area contributed by atoms with Gasteiger partial charge in [0.05, 0.1) is 6.61 Å². The van der Waals surface area contributed by atoms with Gasteiger partial charge in [0.15, 0.2) is 0 Å². The topological polar surface area (TPSA) is 38.3 Å². The molecule has 1 saturated heterocycles. The lowest BCUT2D eigenvalue weighted by Gasteiger charge is -2.37. The molecule has 0 radical (unpaired) electrons. The monoisotopic (exact) mass is 435 g/mol. The number of ether oxygens (including phenoxy) is 1. The molecule has 1 atom stereocenters. The molecule has 0 aliphatic carbocycles. The second kappa shape index (κ2) is 8.95. The van der Waals surface area contributed by atoms with Crippen LogP contribution in [0.15, 0.2) is 115 Å². The standard InChI is InChI=1S/C28H25NO2Si/c30-28-26(20-21-31-28)29-32(23-14-6-2-7-15-23,24-16-8-3-9-17-24)27-19-11-10-18-25(27)22-12-4-1-5-13-22/h1-19,26,29H,20-21H2. The first-order chi connectivity index (χ1) is 15.8. The lowest BCUT2D eigenvalue weighted by Crippen LogP contribution is -2.78. The average Bonchev–Trinajstić information content (AvgIpc) is 3.28. The van der Waals surface area contributed by atoms with Crippen LogP contribution in [0.5, 0.6) is 0 Å². The van der Waals surface area contributed by atoms with Gasteiger partial charge in [-0.25, -0.2) is 0 Å². The zero-order valence-corrected chi connectivity index (χ0v) is 18.8. The molecule has 0 spiro atoms. The SMILES string of the molecule is O=C1OCCC1N[Si](c1ccccc1)(c1ccccc1)c1ccccc1-c1ccccc1. The van der Waals surface area contributed by atoms with Gasteiger partial charge in [0.2, 0.25) is 8.24 Å². The molecular weight excluding hydrogens is 410 g/mol. The van der Waals surface area contributed by atoms with Crippen molar-refractivity contribution >= 4 is 29.8 Å². The van der Waals surface area contributed by atoms with Gasteiger partial charge in [-0.15, -0.1) is 0 Å². The van der Waals surface area contributed by atoms with E-state index in [9.17, 15) is 4.79 Å². The normalized spacial score (nSPS) is 16.0. The third kappa shape index (κ3) is 3.68. The molecule has 1 aliphatic rings. The van der Waals surface area contributed by atoms with Crippen molar-refractivity contribution in [3.63, 3.8) is 0 Å². The van der Waals surface area contributed by atoms with Gasteiger partial charge in [0, 0.05) is 6.42 Å². The minimum absolute atomic E-state index is 0.161. The molecule has 4 heteroatoms. The Kier molecular flexibility index (Phi) is 5.71. The van der Waals surface area contributed by atoms with Crippen molar-refractivity contribution in [3.05, 3.63) is 115 Å². The molecule has 1 heterocycles. The van der Waals surface area contributed by atoms with Crippen LogP contribution >= 0.6 is 0 Å². The van der Waals surface area contributed by atoms with Crippen molar-refractivity contribution < 1.29 is 9.53 Å². The number of rotatable bonds is 6. The van der Waals surface area contributed by atoms with Gasteiger partial charge in [-0.3, -0.25) is 4.79 Å². The smallest absolute Gasteiger partial charge is 0.322 e. The Labute approximate surface area is 189 Å². The lowest BCUT2D eigenvalue weighted by molar-refractivity contribution is -0.139. The van der Waals surface area contributed by atoms with E-state index in [4.69, 9.17) is 4.74 Å². The highest BCUT2D eigenvalue weighted by Crippen LogP contribution is 2.21. The Bertz CT molecular complexity index is 1160. The van der Waals surface area contributed by atoms with Crippen LogP contribution in [0.25, 0.3) is 11.1 Å². The van der Waals surface area contributed by atoms with Gasteiger partial charge in [0.25, 0.3) is 0 Å². The minimum Gasteiger partial charge on any atom is -0.464 e. The van der Waals surface area contributed by atoms with Crippen LogP contribution in [0.2, 0.25) is 0 Å². The molecule has 1 N–H and O–H groups in total. The number of nitrogens with one attached hydrogen (secondary N) is 1. The van der Waals surface area contributed by atoms with E-state index in [1.54, 1.807) is 0 Å². The molecule has 0 bridgehead atoms. The fourth-order valence-electron chi connectivity index (χ4n) is 4.67. The van der Waals surface area contributed by atoms with Gasteiger partial charge >= 0.3 is 5.97 Å². The number of cyclic esters (lactones) is 1. The first kappa shape index (κ1) is 20.4. The van der Waals surface area contributed by atoms with E-state index < -0.39 is 8.24 Å². The van der Waals surface area contributed by atoms with E-state index in [2.05, 4.69) is 102 Å². The Morgan fingerprint density at radius 1 is 0.688 bits per heavy atom. The molecule has 0 saturated carbocycles. The molecule has 0 aromatic heterocycles. The van der Waals surface area contributed by atoms with Crippen LogP contribution in [0.1, 0.15) is 6.42 Å². The van der Waals surface area contributed by atoms with E-state index in [0.717, 1.165) is 0 Å². The summed E-state index contributed by atoms with van der Waals surface area (Å²) in [4.78, 5) is 16.5. The van der Waals surface area contributed by atoms with E-state index in [1.807, 2.05) is 18.2 Å². The third-order valence-corrected chi connectivity index (χ3v) is 10.6. The molecular formula is C28H25NO2Si. The summed E-state index contributed by atoms with van der Waals surface area (Å²) in [5.41, 5.74) is 2.36. The molecule has 1 aliphatic heterocycles. The number of hydrogen-bond acceptors (Lipinski definition) is 3.